The maximum atomic E-state index is 12.5. The minimum atomic E-state index is -0.00387. The fourth-order valence-corrected chi connectivity index (χ4v) is 3.74. The lowest BCUT2D eigenvalue weighted by Gasteiger charge is -2.33. The van der Waals surface area contributed by atoms with Crippen LogP contribution in [0, 0.1) is 5.92 Å². The topological polar surface area (TPSA) is 48.5 Å². The van der Waals surface area contributed by atoms with Gasteiger partial charge in [-0.25, -0.2) is 4.79 Å². The molecule has 1 saturated heterocycles. The molecule has 3 rings (SSSR count). The first-order chi connectivity index (χ1) is 13.6. The third-order valence-electron chi connectivity index (χ3n) is 5.90. The Kier molecular flexibility index (Phi) is 7.43. The molecule has 0 saturated carbocycles. The molecular weight excluding hydrogens is 348 g/mol. The van der Waals surface area contributed by atoms with Gasteiger partial charge in [-0.1, -0.05) is 30.3 Å². The van der Waals surface area contributed by atoms with Gasteiger partial charge in [-0.3, -0.25) is 4.98 Å². The van der Waals surface area contributed by atoms with E-state index in [0.29, 0.717) is 5.92 Å². The Hall–Kier alpha value is -2.40. The third-order valence-corrected chi connectivity index (χ3v) is 5.90. The number of amides is 2. The SMILES string of the molecule is CC(c1ccncc1)N(C)C(=O)NCC1CCN(CCc2ccccc2)CC1. The van der Waals surface area contributed by atoms with E-state index in [9.17, 15) is 4.79 Å². The van der Waals surface area contributed by atoms with Crippen LogP contribution < -0.4 is 5.32 Å². The molecule has 1 aromatic heterocycles. The second kappa shape index (κ2) is 10.2. The fourth-order valence-electron chi connectivity index (χ4n) is 3.74. The van der Waals surface area contributed by atoms with E-state index in [-0.39, 0.29) is 12.1 Å². The Labute approximate surface area is 168 Å². The smallest absolute Gasteiger partial charge is 0.317 e. The van der Waals surface area contributed by atoms with Crippen LogP contribution in [-0.4, -0.2) is 54.0 Å². The number of carbonyl (C=O) groups is 1. The van der Waals surface area contributed by atoms with Gasteiger partial charge in [0.15, 0.2) is 0 Å². The van der Waals surface area contributed by atoms with Crippen molar-refractivity contribution in [2.75, 3.05) is 33.2 Å². The van der Waals surface area contributed by atoms with Crippen molar-refractivity contribution >= 4 is 6.03 Å². The Morgan fingerprint density at radius 2 is 1.86 bits per heavy atom. The molecule has 1 aromatic carbocycles. The van der Waals surface area contributed by atoms with Crippen molar-refractivity contribution in [3.05, 3.63) is 66.0 Å². The monoisotopic (exact) mass is 380 g/mol. The van der Waals surface area contributed by atoms with Crippen molar-refractivity contribution in [3.63, 3.8) is 0 Å². The van der Waals surface area contributed by atoms with Gasteiger partial charge in [0.2, 0.25) is 0 Å². The average molecular weight is 381 g/mol. The average Bonchev–Trinajstić information content (AvgIpc) is 2.77. The first kappa shape index (κ1) is 20.3. The highest BCUT2D eigenvalue weighted by Crippen LogP contribution is 2.19. The lowest BCUT2D eigenvalue weighted by molar-refractivity contribution is 0.172. The van der Waals surface area contributed by atoms with E-state index in [1.54, 1.807) is 17.3 Å². The summed E-state index contributed by atoms with van der Waals surface area (Å²) in [7, 11) is 1.85. The lowest BCUT2D eigenvalue weighted by atomic mass is 9.96. The molecule has 0 aliphatic carbocycles. The van der Waals surface area contributed by atoms with Gasteiger partial charge in [0.05, 0.1) is 6.04 Å². The largest absolute Gasteiger partial charge is 0.338 e. The molecule has 0 bridgehead atoms. The molecule has 1 N–H and O–H groups in total. The molecular formula is C23H32N4O. The molecule has 2 amide bonds. The summed E-state index contributed by atoms with van der Waals surface area (Å²) in [6, 6.07) is 14.6. The Bertz CT molecular complexity index is 714. The Morgan fingerprint density at radius 1 is 1.18 bits per heavy atom. The molecule has 5 heteroatoms. The highest BCUT2D eigenvalue weighted by Gasteiger charge is 2.21. The summed E-state index contributed by atoms with van der Waals surface area (Å²) in [6.07, 6.45) is 6.95. The zero-order valence-electron chi connectivity index (χ0n) is 17.1. The van der Waals surface area contributed by atoms with E-state index in [0.717, 1.165) is 51.0 Å². The molecule has 1 unspecified atom stereocenters. The van der Waals surface area contributed by atoms with Crippen LogP contribution in [0.25, 0.3) is 0 Å². The van der Waals surface area contributed by atoms with Crippen molar-refractivity contribution < 1.29 is 4.79 Å². The maximum Gasteiger partial charge on any atom is 0.317 e. The summed E-state index contributed by atoms with van der Waals surface area (Å²) in [5.41, 5.74) is 2.50. The van der Waals surface area contributed by atoms with Gasteiger partial charge in [-0.15, -0.1) is 0 Å². The first-order valence-corrected chi connectivity index (χ1v) is 10.3. The summed E-state index contributed by atoms with van der Waals surface area (Å²) in [5.74, 6) is 0.571. The van der Waals surface area contributed by atoms with Crippen LogP contribution in [0.5, 0.6) is 0 Å². The van der Waals surface area contributed by atoms with Crippen LogP contribution in [0.1, 0.15) is 36.9 Å². The van der Waals surface area contributed by atoms with Crippen molar-refractivity contribution in [1.29, 1.82) is 0 Å². The summed E-state index contributed by atoms with van der Waals surface area (Å²) >= 11 is 0. The number of likely N-dealkylation sites (tertiary alicyclic amines) is 1. The number of pyridine rings is 1. The maximum absolute atomic E-state index is 12.5. The number of aromatic nitrogens is 1. The van der Waals surface area contributed by atoms with Crippen molar-refractivity contribution in [2.45, 2.75) is 32.2 Å². The van der Waals surface area contributed by atoms with Gasteiger partial charge < -0.3 is 15.1 Å². The van der Waals surface area contributed by atoms with Crippen LogP contribution in [0.3, 0.4) is 0 Å². The number of carbonyl (C=O) groups excluding carboxylic acids is 1. The van der Waals surface area contributed by atoms with Crippen molar-refractivity contribution in [2.24, 2.45) is 5.92 Å². The highest BCUT2D eigenvalue weighted by molar-refractivity contribution is 5.74. The van der Waals surface area contributed by atoms with E-state index in [4.69, 9.17) is 0 Å². The predicted octanol–water partition coefficient (Wildman–Crippen LogP) is 3.74. The number of benzene rings is 1. The molecule has 5 nitrogen and oxygen atoms in total. The molecule has 0 spiro atoms. The van der Waals surface area contributed by atoms with Crippen LogP contribution in [0.15, 0.2) is 54.9 Å². The molecule has 1 aliphatic rings. The second-order valence-corrected chi connectivity index (χ2v) is 7.77. The number of nitrogens with zero attached hydrogens (tertiary/aromatic N) is 3. The summed E-state index contributed by atoms with van der Waals surface area (Å²) < 4.78 is 0. The van der Waals surface area contributed by atoms with Gasteiger partial charge >= 0.3 is 6.03 Å². The molecule has 28 heavy (non-hydrogen) atoms. The summed E-state index contributed by atoms with van der Waals surface area (Å²) in [5, 5.41) is 3.13. The molecule has 0 radical (unpaired) electrons. The Morgan fingerprint density at radius 3 is 2.54 bits per heavy atom. The lowest BCUT2D eigenvalue weighted by Crippen LogP contribution is -2.43. The fraction of sp³-hybridized carbons (Fsp3) is 0.478. The van der Waals surface area contributed by atoms with Crippen LogP contribution in [0.4, 0.5) is 4.79 Å². The van der Waals surface area contributed by atoms with Gasteiger partial charge in [-0.05, 0) is 68.5 Å². The van der Waals surface area contributed by atoms with Gasteiger partial charge in [-0.2, -0.15) is 0 Å². The van der Waals surface area contributed by atoms with E-state index < -0.39 is 0 Å². The number of nitrogens with one attached hydrogen (secondary N) is 1. The molecule has 1 atom stereocenters. The third kappa shape index (κ3) is 5.80. The molecule has 1 aliphatic heterocycles. The number of urea groups is 1. The van der Waals surface area contributed by atoms with E-state index in [1.165, 1.54) is 5.56 Å². The number of rotatable bonds is 7. The minimum Gasteiger partial charge on any atom is -0.338 e. The molecule has 150 valence electrons. The first-order valence-electron chi connectivity index (χ1n) is 10.3. The zero-order valence-corrected chi connectivity index (χ0v) is 17.1. The van der Waals surface area contributed by atoms with E-state index in [2.05, 4.69) is 45.5 Å². The van der Waals surface area contributed by atoms with Crippen LogP contribution in [-0.2, 0) is 6.42 Å². The summed E-state index contributed by atoms with van der Waals surface area (Å²) in [4.78, 5) is 20.9. The molecule has 1 fully saturated rings. The van der Waals surface area contributed by atoms with Crippen LogP contribution in [0.2, 0.25) is 0 Å². The predicted molar refractivity (Wildman–Crippen MR) is 113 cm³/mol. The van der Waals surface area contributed by atoms with Gasteiger partial charge in [0, 0.05) is 32.5 Å². The Balaban J connectivity index is 1.36. The normalized spacial score (nSPS) is 16.5. The number of hydrogen-bond donors (Lipinski definition) is 1. The van der Waals surface area contributed by atoms with Crippen molar-refractivity contribution in [3.8, 4) is 0 Å². The van der Waals surface area contributed by atoms with Gasteiger partial charge in [0.1, 0.15) is 0 Å². The zero-order chi connectivity index (χ0) is 19.8. The highest BCUT2D eigenvalue weighted by atomic mass is 16.2. The number of piperidine rings is 1. The molecule has 2 aromatic rings. The van der Waals surface area contributed by atoms with E-state index >= 15 is 0 Å². The summed E-state index contributed by atoms with van der Waals surface area (Å²) in [6.45, 7) is 6.17. The van der Waals surface area contributed by atoms with Gasteiger partial charge in [0.25, 0.3) is 0 Å². The second-order valence-electron chi connectivity index (χ2n) is 7.77. The molecule has 2 heterocycles. The van der Waals surface area contributed by atoms with Crippen molar-refractivity contribution in [1.82, 2.24) is 20.1 Å². The number of hydrogen-bond acceptors (Lipinski definition) is 3. The quantitative estimate of drug-likeness (QED) is 0.796. The minimum absolute atomic E-state index is 0.00387. The van der Waals surface area contributed by atoms with E-state index in [1.807, 2.05) is 26.1 Å². The van der Waals surface area contributed by atoms with Crippen LogP contribution >= 0.6 is 0 Å². The standard InChI is InChI=1S/C23H32N4O/c1-19(22-8-13-24-14-9-22)26(2)23(28)25-18-21-11-16-27(17-12-21)15-10-20-6-4-3-5-7-20/h3-9,13-14,19,21H,10-12,15-18H2,1-2H3,(H,25,28).